The maximum atomic E-state index is 14.7. The van der Waals surface area contributed by atoms with E-state index < -0.39 is 6.30 Å². The molecule has 0 aliphatic carbocycles. The number of likely N-dealkylation sites (tertiary alicyclic amines) is 1. The molecule has 1 atom stereocenters. The summed E-state index contributed by atoms with van der Waals surface area (Å²) in [4.78, 5) is 4.10. The van der Waals surface area contributed by atoms with Crippen LogP contribution in [0.1, 0.15) is 18.4 Å². The zero-order chi connectivity index (χ0) is 12.0. The van der Waals surface area contributed by atoms with Gasteiger partial charge >= 0.3 is 0 Å². The van der Waals surface area contributed by atoms with Crippen molar-refractivity contribution in [3.05, 3.63) is 29.8 Å². The maximum Gasteiger partial charge on any atom is 0.182 e. The topological polar surface area (TPSA) is 6.48 Å². The molecule has 92 valence electrons. The fraction of sp³-hybridized carbons (Fsp3) is 0.571. The number of hydrogen-bond acceptors (Lipinski definition) is 2. The van der Waals surface area contributed by atoms with Crippen molar-refractivity contribution in [1.82, 2.24) is 4.90 Å². The predicted molar refractivity (Wildman–Crippen MR) is 68.2 cm³/mol. The van der Waals surface area contributed by atoms with Crippen LogP contribution < -0.4 is 4.90 Å². The second-order valence-electron chi connectivity index (χ2n) is 5.42. The first kappa shape index (κ1) is 11.0. The maximum absolute atomic E-state index is 14.7. The van der Waals surface area contributed by atoms with E-state index >= 15 is 0 Å². The third kappa shape index (κ3) is 1.41. The molecule has 0 N–H and O–H groups in total. The molecule has 2 nitrogen and oxygen atoms in total. The van der Waals surface area contributed by atoms with Crippen LogP contribution in [0.5, 0.6) is 0 Å². The summed E-state index contributed by atoms with van der Waals surface area (Å²) in [5, 5.41) is 0. The largest absolute Gasteiger partial charge is 0.344 e. The second-order valence-corrected chi connectivity index (χ2v) is 5.42. The summed E-state index contributed by atoms with van der Waals surface area (Å²) in [5.74, 6) is 0. The summed E-state index contributed by atoms with van der Waals surface area (Å²) in [6.45, 7) is 1.98. The number of anilines is 1. The normalized spacial score (nSPS) is 27.5. The van der Waals surface area contributed by atoms with E-state index in [2.05, 4.69) is 18.0 Å². The minimum Gasteiger partial charge on any atom is -0.344 e. The molecule has 2 aliphatic rings. The van der Waals surface area contributed by atoms with Gasteiger partial charge in [0.1, 0.15) is 0 Å². The van der Waals surface area contributed by atoms with Gasteiger partial charge in [0.2, 0.25) is 0 Å². The second kappa shape index (κ2) is 3.70. The standard InChI is InChI=1S/C14H19FN2/c1-16-9-7-14(8-10-16)11-5-3-4-6-12(11)17(2)13(14)15/h3-6,13H,7-10H2,1-2H3. The number of fused-ring (bicyclic) bond motifs is 2. The molecule has 0 bridgehead atoms. The molecule has 1 aromatic carbocycles. The molecule has 2 aliphatic heterocycles. The lowest BCUT2D eigenvalue weighted by atomic mass is 9.73. The van der Waals surface area contributed by atoms with Gasteiger partial charge in [-0.3, -0.25) is 0 Å². The van der Waals surface area contributed by atoms with Crippen molar-refractivity contribution in [2.24, 2.45) is 0 Å². The van der Waals surface area contributed by atoms with E-state index in [0.717, 1.165) is 31.6 Å². The molecular formula is C14H19FN2. The highest BCUT2D eigenvalue weighted by atomic mass is 19.1. The Labute approximate surface area is 102 Å². The lowest BCUT2D eigenvalue weighted by Crippen LogP contribution is -2.47. The Morgan fingerprint density at radius 2 is 1.82 bits per heavy atom. The molecule has 1 unspecified atom stereocenters. The zero-order valence-electron chi connectivity index (χ0n) is 10.5. The quantitative estimate of drug-likeness (QED) is 0.636. The highest BCUT2D eigenvalue weighted by Crippen LogP contribution is 2.50. The lowest BCUT2D eigenvalue weighted by Gasteiger charge is -2.40. The van der Waals surface area contributed by atoms with Gasteiger partial charge in [-0.1, -0.05) is 18.2 Å². The van der Waals surface area contributed by atoms with Crippen LogP contribution in [0.4, 0.5) is 10.1 Å². The van der Waals surface area contributed by atoms with Gasteiger partial charge in [0.15, 0.2) is 6.30 Å². The van der Waals surface area contributed by atoms with Gasteiger partial charge in [-0.15, -0.1) is 0 Å². The van der Waals surface area contributed by atoms with Crippen LogP contribution in [-0.2, 0) is 5.41 Å². The van der Waals surface area contributed by atoms with Crippen LogP contribution in [0.2, 0.25) is 0 Å². The van der Waals surface area contributed by atoms with Crippen LogP contribution in [0.25, 0.3) is 0 Å². The first-order chi connectivity index (χ1) is 8.15. The van der Waals surface area contributed by atoms with Crippen molar-refractivity contribution in [2.75, 3.05) is 32.1 Å². The van der Waals surface area contributed by atoms with E-state index in [1.165, 1.54) is 5.56 Å². The minimum absolute atomic E-state index is 0.266. The molecule has 0 radical (unpaired) electrons. The van der Waals surface area contributed by atoms with Gasteiger partial charge in [0.05, 0.1) is 0 Å². The van der Waals surface area contributed by atoms with E-state index in [1.807, 2.05) is 25.2 Å². The number of piperidine rings is 1. The van der Waals surface area contributed by atoms with Gasteiger partial charge in [-0.05, 0) is 44.6 Å². The smallest absolute Gasteiger partial charge is 0.182 e. The number of benzene rings is 1. The lowest BCUT2D eigenvalue weighted by molar-refractivity contribution is 0.112. The third-order valence-electron chi connectivity index (χ3n) is 4.50. The van der Waals surface area contributed by atoms with Crippen LogP contribution in [0.15, 0.2) is 24.3 Å². The van der Waals surface area contributed by atoms with Crippen molar-refractivity contribution < 1.29 is 4.39 Å². The number of nitrogens with zero attached hydrogens (tertiary/aromatic N) is 2. The number of likely N-dealkylation sites (N-methyl/N-ethyl adjacent to an activating group) is 1. The summed E-state index contributed by atoms with van der Waals surface area (Å²) in [7, 11) is 3.99. The van der Waals surface area contributed by atoms with Crippen LogP contribution in [0.3, 0.4) is 0 Å². The van der Waals surface area contributed by atoms with Crippen LogP contribution in [0, 0.1) is 0 Å². The van der Waals surface area contributed by atoms with Crippen molar-refractivity contribution in [1.29, 1.82) is 0 Å². The summed E-state index contributed by atoms with van der Waals surface area (Å²) in [5.41, 5.74) is 2.02. The van der Waals surface area contributed by atoms with Crippen molar-refractivity contribution in [3.63, 3.8) is 0 Å². The van der Waals surface area contributed by atoms with E-state index in [1.54, 1.807) is 4.90 Å². The molecule has 0 aromatic heterocycles. The summed E-state index contributed by atoms with van der Waals surface area (Å²) in [6, 6.07) is 8.17. The molecule has 17 heavy (non-hydrogen) atoms. The molecule has 1 saturated heterocycles. The molecule has 2 heterocycles. The Bertz CT molecular complexity index is 424. The number of alkyl halides is 1. The predicted octanol–water partition coefficient (Wildman–Crippen LogP) is 2.40. The molecule has 3 heteroatoms. The van der Waals surface area contributed by atoms with Crippen molar-refractivity contribution >= 4 is 5.69 Å². The Morgan fingerprint density at radius 1 is 1.18 bits per heavy atom. The van der Waals surface area contributed by atoms with Crippen molar-refractivity contribution in [2.45, 2.75) is 24.6 Å². The number of para-hydroxylation sites is 1. The van der Waals surface area contributed by atoms with Gasteiger partial charge in [-0.25, -0.2) is 4.39 Å². The number of hydrogen-bond donors (Lipinski definition) is 0. The highest BCUT2D eigenvalue weighted by molar-refractivity contribution is 5.63. The SMILES string of the molecule is CN1CCC2(CC1)c1ccccc1N(C)C2F. The van der Waals surface area contributed by atoms with E-state index in [0.29, 0.717) is 0 Å². The summed E-state index contributed by atoms with van der Waals surface area (Å²) in [6.07, 6.45) is 0.978. The first-order valence-corrected chi connectivity index (χ1v) is 6.30. The zero-order valence-corrected chi connectivity index (χ0v) is 10.5. The number of halogens is 1. The van der Waals surface area contributed by atoms with Crippen molar-refractivity contribution in [3.8, 4) is 0 Å². The van der Waals surface area contributed by atoms with E-state index in [4.69, 9.17) is 0 Å². The van der Waals surface area contributed by atoms with E-state index in [-0.39, 0.29) is 5.41 Å². The molecule has 0 saturated carbocycles. The Morgan fingerprint density at radius 3 is 2.53 bits per heavy atom. The van der Waals surface area contributed by atoms with Gasteiger partial charge in [0.25, 0.3) is 0 Å². The molecule has 1 fully saturated rings. The fourth-order valence-electron chi connectivity index (χ4n) is 3.35. The third-order valence-corrected chi connectivity index (χ3v) is 4.50. The summed E-state index contributed by atoms with van der Waals surface area (Å²) >= 11 is 0. The van der Waals surface area contributed by atoms with Crippen LogP contribution in [-0.4, -0.2) is 38.4 Å². The first-order valence-electron chi connectivity index (χ1n) is 6.30. The van der Waals surface area contributed by atoms with Gasteiger partial charge in [-0.2, -0.15) is 0 Å². The molecular weight excluding hydrogens is 215 g/mol. The van der Waals surface area contributed by atoms with Gasteiger partial charge < -0.3 is 9.80 Å². The van der Waals surface area contributed by atoms with E-state index in [9.17, 15) is 4.39 Å². The van der Waals surface area contributed by atoms with Crippen LogP contribution >= 0.6 is 0 Å². The van der Waals surface area contributed by atoms with Gasteiger partial charge in [0, 0.05) is 18.2 Å². The molecule has 3 rings (SSSR count). The Hall–Kier alpha value is -1.09. The molecule has 0 amide bonds. The Balaban J connectivity index is 2.05. The monoisotopic (exact) mass is 234 g/mol. The average molecular weight is 234 g/mol. The number of rotatable bonds is 0. The Kier molecular flexibility index (Phi) is 2.40. The average Bonchev–Trinajstić information content (AvgIpc) is 2.57. The summed E-state index contributed by atoms with van der Waals surface area (Å²) < 4.78 is 14.7. The highest BCUT2D eigenvalue weighted by Gasteiger charge is 2.51. The minimum atomic E-state index is -0.867. The molecule has 1 aromatic rings. The fourth-order valence-corrected chi connectivity index (χ4v) is 3.35. The molecule has 1 spiro atoms.